The largest absolute Gasteiger partial charge is 0.507 e. The highest BCUT2D eigenvalue weighted by Gasteiger charge is 2.30. The number of rotatable bonds is 2. The molecule has 0 spiro atoms. The van der Waals surface area contributed by atoms with Crippen molar-refractivity contribution in [3.05, 3.63) is 63.0 Å². The zero-order chi connectivity index (χ0) is 17.3. The van der Waals surface area contributed by atoms with E-state index in [1.807, 2.05) is 31.2 Å². The molecule has 1 aliphatic heterocycles. The molecule has 1 aliphatic rings. The molecule has 1 N–H and O–H groups in total. The number of nitrogens with zero attached hydrogens (tertiary/aromatic N) is 2. The van der Waals surface area contributed by atoms with Gasteiger partial charge < -0.3 is 5.11 Å². The number of carbonyl (C=O) groups excluding carboxylic acids is 1. The zero-order valence-corrected chi connectivity index (χ0v) is 15.6. The van der Waals surface area contributed by atoms with Crippen LogP contribution in [0.15, 0.2) is 56.8 Å². The number of aryl methyl sites for hydroxylation is 1. The van der Waals surface area contributed by atoms with Gasteiger partial charge >= 0.3 is 0 Å². The average Bonchev–Trinajstić information content (AvgIpc) is 2.81. The van der Waals surface area contributed by atoms with Gasteiger partial charge in [-0.15, -0.1) is 0 Å². The van der Waals surface area contributed by atoms with Gasteiger partial charge in [-0.2, -0.15) is 0 Å². The summed E-state index contributed by atoms with van der Waals surface area (Å²) in [5.41, 5.74) is 2.55. The van der Waals surface area contributed by atoms with Crippen molar-refractivity contribution in [2.45, 2.75) is 6.92 Å². The predicted octanol–water partition coefficient (Wildman–Crippen LogP) is 4.70. The van der Waals surface area contributed by atoms with Gasteiger partial charge in [0.15, 0.2) is 5.17 Å². The first-order valence-electron chi connectivity index (χ1n) is 7.25. The van der Waals surface area contributed by atoms with Crippen LogP contribution in [0.3, 0.4) is 0 Å². The first kappa shape index (κ1) is 16.8. The molecule has 0 radical (unpaired) electrons. The van der Waals surface area contributed by atoms with Crippen LogP contribution in [0.25, 0.3) is 6.08 Å². The third kappa shape index (κ3) is 3.55. The Kier molecular flexibility index (Phi) is 4.78. The minimum absolute atomic E-state index is 0.130. The lowest BCUT2D eigenvalue weighted by Crippen LogP contribution is -2.23. The third-order valence-electron chi connectivity index (χ3n) is 3.54. The Balaban J connectivity index is 1.92. The molecule has 0 saturated carbocycles. The van der Waals surface area contributed by atoms with E-state index in [9.17, 15) is 9.90 Å². The number of amides is 1. The van der Waals surface area contributed by atoms with Crippen molar-refractivity contribution in [3.8, 4) is 5.75 Å². The summed E-state index contributed by atoms with van der Waals surface area (Å²) < 4.78 is 0.837. The molecule has 0 bridgehead atoms. The van der Waals surface area contributed by atoms with Gasteiger partial charge in [-0.25, -0.2) is 4.99 Å². The Bertz CT molecular complexity index is 860. The second-order valence-electron chi connectivity index (χ2n) is 5.41. The number of thioether (sulfide) groups is 1. The summed E-state index contributed by atoms with van der Waals surface area (Å²) in [5, 5.41) is 10.6. The highest BCUT2D eigenvalue weighted by molar-refractivity contribution is 9.10. The molecule has 4 nitrogen and oxygen atoms in total. The van der Waals surface area contributed by atoms with E-state index < -0.39 is 0 Å². The second kappa shape index (κ2) is 6.83. The van der Waals surface area contributed by atoms with Crippen LogP contribution in [0.1, 0.15) is 11.1 Å². The van der Waals surface area contributed by atoms with Crippen LogP contribution in [-0.4, -0.2) is 28.1 Å². The van der Waals surface area contributed by atoms with Gasteiger partial charge in [0, 0.05) is 17.1 Å². The van der Waals surface area contributed by atoms with Crippen LogP contribution >= 0.6 is 27.7 Å². The maximum absolute atomic E-state index is 12.4. The monoisotopic (exact) mass is 402 g/mol. The molecule has 0 unspecified atom stereocenters. The number of amidine groups is 1. The van der Waals surface area contributed by atoms with Gasteiger partial charge in [0.25, 0.3) is 5.91 Å². The first-order valence-corrected chi connectivity index (χ1v) is 8.86. The number of halogens is 1. The molecule has 1 fully saturated rings. The highest BCUT2D eigenvalue weighted by Crippen LogP contribution is 2.35. The number of likely N-dealkylation sites (N-methyl/N-ethyl adjacent to an activating group) is 1. The molecular weight excluding hydrogens is 388 g/mol. The van der Waals surface area contributed by atoms with Crippen molar-refractivity contribution in [1.82, 2.24) is 4.90 Å². The quantitative estimate of drug-likeness (QED) is 0.740. The molecule has 2 aromatic rings. The van der Waals surface area contributed by atoms with E-state index in [-0.39, 0.29) is 11.7 Å². The lowest BCUT2D eigenvalue weighted by atomic mass is 10.2. The summed E-state index contributed by atoms with van der Waals surface area (Å²) >= 11 is 4.66. The topological polar surface area (TPSA) is 52.9 Å². The van der Waals surface area contributed by atoms with Crippen LogP contribution in [-0.2, 0) is 4.79 Å². The van der Waals surface area contributed by atoms with E-state index in [0.717, 1.165) is 15.7 Å². The number of aliphatic imine (C=N–C) groups is 1. The Morgan fingerprint density at radius 1 is 1.21 bits per heavy atom. The van der Waals surface area contributed by atoms with Crippen LogP contribution in [0.5, 0.6) is 5.75 Å². The second-order valence-corrected chi connectivity index (χ2v) is 7.33. The summed E-state index contributed by atoms with van der Waals surface area (Å²) in [4.78, 5) is 19.0. The summed E-state index contributed by atoms with van der Waals surface area (Å²) in [6.07, 6.45) is 1.68. The molecule has 0 aromatic heterocycles. The number of phenols is 1. The maximum atomic E-state index is 12.4. The average molecular weight is 403 g/mol. The molecule has 6 heteroatoms. The number of benzene rings is 2. The molecule has 0 atom stereocenters. The lowest BCUT2D eigenvalue weighted by molar-refractivity contribution is -0.121. The van der Waals surface area contributed by atoms with E-state index >= 15 is 0 Å². The minimum Gasteiger partial charge on any atom is -0.507 e. The summed E-state index contributed by atoms with van der Waals surface area (Å²) in [5.74, 6) is -0.00378. The molecular formula is C18H15BrN2O2S. The van der Waals surface area contributed by atoms with E-state index in [1.165, 1.54) is 16.7 Å². The first-order chi connectivity index (χ1) is 11.4. The third-order valence-corrected chi connectivity index (χ3v) is 5.09. The van der Waals surface area contributed by atoms with E-state index in [2.05, 4.69) is 20.9 Å². The Labute approximate surface area is 153 Å². The fourth-order valence-corrected chi connectivity index (χ4v) is 3.52. The van der Waals surface area contributed by atoms with Gasteiger partial charge in [-0.1, -0.05) is 33.6 Å². The maximum Gasteiger partial charge on any atom is 0.266 e. The number of phenolic OH excluding ortho intramolecular Hbond substituents is 1. The number of aromatic hydroxyl groups is 1. The van der Waals surface area contributed by atoms with Crippen LogP contribution in [0, 0.1) is 6.92 Å². The SMILES string of the molecule is Cc1ccc(N=C2S/C(=C/c3cc(Br)ccc3O)C(=O)N2C)cc1. The van der Waals surface area contributed by atoms with Crippen molar-refractivity contribution in [2.24, 2.45) is 4.99 Å². The van der Waals surface area contributed by atoms with Crippen LogP contribution in [0.2, 0.25) is 0 Å². The van der Waals surface area contributed by atoms with Gasteiger partial charge in [0.2, 0.25) is 0 Å². The van der Waals surface area contributed by atoms with Crippen LogP contribution < -0.4 is 0 Å². The Morgan fingerprint density at radius 2 is 1.92 bits per heavy atom. The lowest BCUT2D eigenvalue weighted by Gasteiger charge is -2.07. The van der Waals surface area contributed by atoms with Gasteiger partial charge in [-0.3, -0.25) is 9.69 Å². The number of carbonyl (C=O) groups is 1. The fraction of sp³-hybridized carbons (Fsp3) is 0.111. The van der Waals surface area contributed by atoms with Gasteiger partial charge in [-0.05, 0) is 55.1 Å². The molecule has 24 heavy (non-hydrogen) atoms. The van der Waals surface area contributed by atoms with Gasteiger partial charge in [0.05, 0.1) is 10.6 Å². The predicted molar refractivity (Wildman–Crippen MR) is 102 cm³/mol. The molecule has 1 amide bonds. The molecule has 0 aliphatic carbocycles. The van der Waals surface area contributed by atoms with Crippen molar-refractivity contribution in [3.63, 3.8) is 0 Å². The Morgan fingerprint density at radius 3 is 2.62 bits per heavy atom. The highest BCUT2D eigenvalue weighted by atomic mass is 79.9. The zero-order valence-electron chi connectivity index (χ0n) is 13.2. The number of hydrogen-bond acceptors (Lipinski definition) is 4. The molecule has 122 valence electrons. The Hall–Kier alpha value is -2.05. The minimum atomic E-state index is -0.134. The van der Waals surface area contributed by atoms with E-state index in [4.69, 9.17) is 0 Å². The van der Waals surface area contributed by atoms with E-state index in [1.54, 1.807) is 31.3 Å². The van der Waals surface area contributed by atoms with Crippen LogP contribution in [0.4, 0.5) is 5.69 Å². The van der Waals surface area contributed by atoms with Crippen molar-refractivity contribution >= 4 is 50.5 Å². The summed E-state index contributed by atoms with van der Waals surface area (Å²) in [7, 11) is 1.70. The fourth-order valence-electron chi connectivity index (χ4n) is 2.16. The van der Waals surface area contributed by atoms with Crippen molar-refractivity contribution in [1.29, 1.82) is 0 Å². The normalized spacial score (nSPS) is 18.0. The summed E-state index contributed by atoms with van der Waals surface area (Å²) in [6.45, 7) is 2.02. The molecule has 1 heterocycles. The van der Waals surface area contributed by atoms with Gasteiger partial charge in [0.1, 0.15) is 5.75 Å². The standard InChI is InChI=1S/C18H15BrN2O2S/c1-11-3-6-14(7-4-11)20-18-21(2)17(23)16(24-18)10-12-9-13(19)5-8-15(12)22/h3-10,22H,1-2H3/b16-10+,20-18?. The molecule has 2 aromatic carbocycles. The molecule has 1 saturated heterocycles. The summed E-state index contributed by atoms with van der Waals surface area (Å²) in [6, 6.07) is 12.9. The molecule has 3 rings (SSSR count). The smallest absolute Gasteiger partial charge is 0.266 e. The number of hydrogen-bond donors (Lipinski definition) is 1. The van der Waals surface area contributed by atoms with Crippen molar-refractivity contribution < 1.29 is 9.90 Å². The van der Waals surface area contributed by atoms with E-state index in [0.29, 0.717) is 15.6 Å². The van der Waals surface area contributed by atoms with Crippen molar-refractivity contribution in [2.75, 3.05) is 7.05 Å².